The lowest BCUT2D eigenvalue weighted by Crippen LogP contribution is -2.41. The summed E-state index contributed by atoms with van der Waals surface area (Å²) in [6, 6.07) is 6.37. The van der Waals surface area contributed by atoms with Gasteiger partial charge in [0, 0.05) is 30.0 Å². The Morgan fingerprint density at radius 1 is 1.33 bits per heavy atom. The zero-order valence-electron chi connectivity index (χ0n) is 12.5. The average Bonchev–Trinajstić information content (AvgIpc) is 2.91. The minimum atomic E-state index is -0.344. The third-order valence-electron chi connectivity index (χ3n) is 4.65. The van der Waals surface area contributed by atoms with Gasteiger partial charge >= 0.3 is 5.97 Å². The van der Waals surface area contributed by atoms with Crippen molar-refractivity contribution in [1.82, 2.24) is 4.90 Å². The number of carbonyl (C=O) groups is 1. The van der Waals surface area contributed by atoms with Crippen LogP contribution in [0, 0.1) is 0 Å². The zero-order chi connectivity index (χ0) is 14.8. The molecule has 0 amide bonds. The lowest BCUT2D eigenvalue weighted by Gasteiger charge is -2.33. The molecule has 0 aliphatic carbocycles. The number of hydrogen-bond acceptors (Lipinski definition) is 5. The van der Waals surface area contributed by atoms with E-state index in [0.29, 0.717) is 23.3 Å². The van der Waals surface area contributed by atoms with E-state index >= 15 is 0 Å². The number of rotatable bonds is 3. The molecule has 0 spiro atoms. The van der Waals surface area contributed by atoms with Crippen LogP contribution in [-0.2, 0) is 4.74 Å². The fourth-order valence-electron chi connectivity index (χ4n) is 3.58. The lowest BCUT2D eigenvalue weighted by molar-refractivity contribution is 0.0602. The van der Waals surface area contributed by atoms with E-state index in [4.69, 9.17) is 10.5 Å². The number of nitrogens with two attached hydrogens (primary N) is 1. The first-order valence-corrected chi connectivity index (χ1v) is 7.67. The Hall–Kier alpha value is -1.75. The number of methoxy groups -OCH3 is 1. The monoisotopic (exact) mass is 289 g/mol. The number of carbonyl (C=O) groups excluding carboxylic acids is 1. The molecule has 0 saturated carbocycles. The quantitative estimate of drug-likeness (QED) is 0.659. The van der Waals surface area contributed by atoms with Crippen molar-refractivity contribution in [3.63, 3.8) is 0 Å². The second-order valence-corrected chi connectivity index (χ2v) is 5.94. The maximum atomic E-state index is 11.9. The highest BCUT2D eigenvalue weighted by atomic mass is 16.5. The Balaban J connectivity index is 1.80. The largest absolute Gasteiger partial charge is 0.465 e. The number of nitrogens with zero attached hydrogens (tertiary/aromatic N) is 1. The Bertz CT molecular complexity index is 532. The van der Waals surface area contributed by atoms with E-state index in [-0.39, 0.29) is 5.97 Å². The third-order valence-corrected chi connectivity index (χ3v) is 4.65. The van der Waals surface area contributed by atoms with Gasteiger partial charge in [0.2, 0.25) is 0 Å². The Morgan fingerprint density at radius 2 is 2.19 bits per heavy atom. The molecule has 2 unspecified atom stereocenters. The van der Waals surface area contributed by atoms with Gasteiger partial charge in [0.15, 0.2) is 0 Å². The van der Waals surface area contributed by atoms with Crippen molar-refractivity contribution in [3.8, 4) is 0 Å². The van der Waals surface area contributed by atoms with Crippen molar-refractivity contribution in [2.45, 2.75) is 37.8 Å². The molecular formula is C16H23N3O2. The van der Waals surface area contributed by atoms with Crippen molar-refractivity contribution in [2.75, 3.05) is 31.2 Å². The minimum Gasteiger partial charge on any atom is -0.465 e. The van der Waals surface area contributed by atoms with Crippen molar-refractivity contribution >= 4 is 17.3 Å². The van der Waals surface area contributed by atoms with Crippen LogP contribution in [0.5, 0.6) is 0 Å². The van der Waals surface area contributed by atoms with E-state index in [0.717, 1.165) is 18.7 Å². The zero-order valence-corrected chi connectivity index (χ0v) is 12.5. The fourth-order valence-corrected chi connectivity index (χ4v) is 3.58. The molecule has 2 aliphatic heterocycles. The Kier molecular flexibility index (Phi) is 4.01. The second-order valence-electron chi connectivity index (χ2n) is 5.94. The molecule has 2 atom stereocenters. The van der Waals surface area contributed by atoms with Crippen LogP contribution in [0.15, 0.2) is 18.2 Å². The van der Waals surface area contributed by atoms with Crippen molar-refractivity contribution in [2.24, 2.45) is 0 Å². The highest BCUT2D eigenvalue weighted by molar-refractivity contribution is 5.96. The summed E-state index contributed by atoms with van der Waals surface area (Å²) in [7, 11) is 1.40. The van der Waals surface area contributed by atoms with Crippen LogP contribution in [0.3, 0.4) is 0 Å². The highest BCUT2D eigenvalue weighted by Gasteiger charge is 2.35. The summed E-state index contributed by atoms with van der Waals surface area (Å²) in [5, 5.41) is 3.55. The molecule has 0 aromatic heterocycles. The van der Waals surface area contributed by atoms with Crippen molar-refractivity contribution in [3.05, 3.63) is 23.8 Å². The smallest absolute Gasteiger partial charge is 0.340 e. The molecule has 0 radical (unpaired) electrons. The molecule has 3 N–H and O–H groups in total. The number of hydrogen-bond donors (Lipinski definition) is 2. The van der Waals surface area contributed by atoms with Gasteiger partial charge in [-0.1, -0.05) is 6.42 Å². The van der Waals surface area contributed by atoms with Crippen molar-refractivity contribution < 1.29 is 9.53 Å². The summed E-state index contributed by atoms with van der Waals surface area (Å²) in [5.41, 5.74) is 7.71. The normalized spacial score (nSPS) is 25.4. The van der Waals surface area contributed by atoms with Gasteiger partial charge in [0.25, 0.3) is 0 Å². The summed E-state index contributed by atoms with van der Waals surface area (Å²) in [6.07, 6.45) is 4.96. The van der Waals surface area contributed by atoms with E-state index in [9.17, 15) is 4.79 Å². The third kappa shape index (κ3) is 2.83. The molecule has 114 valence electrons. The molecule has 0 bridgehead atoms. The van der Waals surface area contributed by atoms with Gasteiger partial charge in [0.1, 0.15) is 0 Å². The van der Waals surface area contributed by atoms with Gasteiger partial charge in [0.05, 0.1) is 12.7 Å². The number of anilines is 2. The van der Waals surface area contributed by atoms with Gasteiger partial charge in [-0.25, -0.2) is 4.79 Å². The SMILES string of the molecule is COC(=O)c1cc(N)ccc1NC1CCN2CCCCC12. The maximum absolute atomic E-state index is 11.9. The number of benzene rings is 1. The van der Waals surface area contributed by atoms with Crippen LogP contribution in [-0.4, -0.2) is 43.2 Å². The fraction of sp³-hybridized carbons (Fsp3) is 0.562. The van der Waals surface area contributed by atoms with Crippen LogP contribution in [0.25, 0.3) is 0 Å². The molecule has 1 aromatic rings. The van der Waals surface area contributed by atoms with Crippen LogP contribution >= 0.6 is 0 Å². The summed E-state index contributed by atoms with van der Waals surface area (Å²) in [5.74, 6) is -0.344. The van der Waals surface area contributed by atoms with E-state index in [1.54, 1.807) is 6.07 Å². The molecule has 2 fully saturated rings. The molecule has 1 aromatic carbocycles. The molecule has 21 heavy (non-hydrogen) atoms. The van der Waals surface area contributed by atoms with E-state index < -0.39 is 0 Å². The number of esters is 1. The Morgan fingerprint density at radius 3 is 3.00 bits per heavy atom. The molecule has 2 aliphatic rings. The number of piperidine rings is 1. The van der Waals surface area contributed by atoms with Crippen LogP contribution in [0.2, 0.25) is 0 Å². The van der Waals surface area contributed by atoms with E-state index in [2.05, 4.69) is 10.2 Å². The van der Waals surface area contributed by atoms with E-state index in [1.165, 1.54) is 32.9 Å². The molecular weight excluding hydrogens is 266 g/mol. The molecule has 2 heterocycles. The topological polar surface area (TPSA) is 67.6 Å². The predicted octanol–water partition coefficient (Wildman–Crippen LogP) is 2.09. The average molecular weight is 289 g/mol. The highest BCUT2D eigenvalue weighted by Crippen LogP contribution is 2.30. The lowest BCUT2D eigenvalue weighted by atomic mass is 9.98. The predicted molar refractivity (Wildman–Crippen MR) is 83.4 cm³/mol. The van der Waals surface area contributed by atoms with Gasteiger partial charge in [-0.15, -0.1) is 0 Å². The first-order chi connectivity index (χ1) is 10.2. The number of ether oxygens (including phenoxy) is 1. The molecule has 3 rings (SSSR count). The first-order valence-electron chi connectivity index (χ1n) is 7.67. The van der Waals surface area contributed by atoms with Crippen LogP contribution < -0.4 is 11.1 Å². The van der Waals surface area contributed by atoms with Crippen LogP contribution in [0.1, 0.15) is 36.0 Å². The number of fused-ring (bicyclic) bond motifs is 1. The summed E-state index contributed by atoms with van der Waals surface area (Å²) in [4.78, 5) is 14.5. The summed E-state index contributed by atoms with van der Waals surface area (Å²) in [6.45, 7) is 2.35. The van der Waals surface area contributed by atoms with Gasteiger partial charge in [-0.3, -0.25) is 4.90 Å². The van der Waals surface area contributed by atoms with Crippen molar-refractivity contribution in [1.29, 1.82) is 0 Å². The number of nitrogen functional groups attached to an aromatic ring is 1. The molecule has 5 nitrogen and oxygen atoms in total. The maximum Gasteiger partial charge on any atom is 0.340 e. The Labute approximate surface area is 125 Å². The van der Waals surface area contributed by atoms with Crippen LogP contribution in [0.4, 0.5) is 11.4 Å². The molecule has 2 saturated heterocycles. The standard InChI is InChI=1S/C16H23N3O2/c1-21-16(20)12-10-11(17)5-6-13(12)18-14-7-9-19-8-3-2-4-15(14)19/h5-6,10,14-15,18H,2-4,7-9,17H2,1H3. The van der Waals surface area contributed by atoms with E-state index in [1.807, 2.05) is 12.1 Å². The minimum absolute atomic E-state index is 0.344. The van der Waals surface area contributed by atoms with Gasteiger partial charge in [-0.05, 0) is 44.0 Å². The summed E-state index contributed by atoms with van der Waals surface area (Å²) >= 11 is 0. The van der Waals surface area contributed by atoms with Gasteiger partial charge in [-0.2, -0.15) is 0 Å². The summed E-state index contributed by atoms with van der Waals surface area (Å²) < 4.78 is 4.86. The first kappa shape index (κ1) is 14.2. The molecule has 5 heteroatoms. The second kappa shape index (κ2) is 5.93. The number of nitrogens with one attached hydrogen (secondary N) is 1. The van der Waals surface area contributed by atoms with Gasteiger partial charge < -0.3 is 15.8 Å².